The second kappa shape index (κ2) is 4.65. The number of fused-ring (bicyclic) bond motifs is 2. The molecule has 1 nitrogen and oxygen atoms in total. The van der Waals surface area contributed by atoms with Crippen LogP contribution in [0.2, 0.25) is 5.02 Å². The van der Waals surface area contributed by atoms with Gasteiger partial charge >= 0.3 is 0 Å². The van der Waals surface area contributed by atoms with E-state index in [1.165, 1.54) is 31.4 Å². The molecule has 0 heterocycles. The maximum absolute atomic E-state index is 13.7. The third kappa shape index (κ3) is 2.18. The molecule has 3 atom stereocenters. The van der Waals surface area contributed by atoms with Crippen LogP contribution in [0.25, 0.3) is 0 Å². The lowest BCUT2D eigenvalue weighted by molar-refractivity contribution is 0.0940. The van der Waals surface area contributed by atoms with Crippen molar-refractivity contribution in [3.8, 4) is 0 Å². The second-order valence-electron chi connectivity index (χ2n) is 5.69. The van der Waals surface area contributed by atoms with E-state index in [-0.39, 0.29) is 11.3 Å². The molecular weight excluding hydrogens is 251 g/mol. The Morgan fingerprint density at radius 3 is 2.78 bits per heavy atom. The molecule has 0 N–H and O–H groups in total. The van der Waals surface area contributed by atoms with Gasteiger partial charge in [0.2, 0.25) is 0 Å². The smallest absolute Gasteiger partial charge is 0.166 e. The highest BCUT2D eigenvalue weighted by Gasteiger charge is 2.40. The molecule has 0 saturated heterocycles. The molecule has 2 aliphatic carbocycles. The maximum Gasteiger partial charge on any atom is 0.166 e. The van der Waals surface area contributed by atoms with Gasteiger partial charge in [0, 0.05) is 11.4 Å². The average molecular weight is 267 g/mol. The van der Waals surface area contributed by atoms with Crippen molar-refractivity contribution in [2.75, 3.05) is 0 Å². The van der Waals surface area contributed by atoms with E-state index in [0.717, 1.165) is 12.3 Å². The zero-order valence-electron chi connectivity index (χ0n) is 10.2. The largest absolute Gasteiger partial charge is 0.294 e. The van der Waals surface area contributed by atoms with E-state index in [4.69, 9.17) is 11.6 Å². The normalized spacial score (nSPS) is 29.8. The van der Waals surface area contributed by atoms with Crippen LogP contribution in [0.1, 0.15) is 42.5 Å². The number of carbonyl (C=O) groups excluding carboxylic acids is 1. The molecule has 3 rings (SSSR count). The zero-order valence-corrected chi connectivity index (χ0v) is 10.9. The molecule has 0 radical (unpaired) electrons. The number of halogens is 2. The van der Waals surface area contributed by atoms with E-state index < -0.39 is 5.82 Å². The molecular formula is C15H16ClFO. The minimum atomic E-state index is -0.490. The highest BCUT2D eigenvalue weighted by atomic mass is 35.5. The van der Waals surface area contributed by atoms with Gasteiger partial charge in [0.05, 0.1) is 5.56 Å². The first kappa shape index (κ1) is 12.2. The van der Waals surface area contributed by atoms with Gasteiger partial charge in [-0.1, -0.05) is 18.0 Å². The lowest BCUT2D eigenvalue weighted by Gasteiger charge is -2.20. The molecule has 1 aromatic carbocycles. The van der Waals surface area contributed by atoms with Gasteiger partial charge in [0.25, 0.3) is 0 Å². The molecule has 18 heavy (non-hydrogen) atoms. The van der Waals surface area contributed by atoms with Crippen molar-refractivity contribution in [2.24, 2.45) is 17.8 Å². The van der Waals surface area contributed by atoms with Crippen LogP contribution in [-0.2, 0) is 0 Å². The molecule has 0 aliphatic heterocycles. The van der Waals surface area contributed by atoms with Gasteiger partial charge in [0.15, 0.2) is 5.78 Å². The lowest BCUT2D eigenvalue weighted by Crippen LogP contribution is -2.16. The fourth-order valence-corrected chi connectivity index (χ4v) is 3.85. The predicted molar refractivity (Wildman–Crippen MR) is 69.3 cm³/mol. The van der Waals surface area contributed by atoms with E-state index >= 15 is 0 Å². The number of ketones is 1. The SMILES string of the molecule is O=C(CC1CC2CCC1C2)c1ccc(Cl)cc1F. The number of rotatable bonds is 3. The van der Waals surface area contributed by atoms with Crippen molar-refractivity contribution in [3.05, 3.63) is 34.6 Å². The van der Waals surface area contributed by atoms with Gasteiger partial charge in [-0.3, -0.25) is 4.79 Å². The third-order valence-electron chi connectivity index (χ3n) is 4.56. The van der Waals surface area contributed by atoms with Crippen LogP contribution < -0.4 is 0 Å². The summed E-state index contributed by atoms with van der Waals surface area (Å²) in [6.07, 6.45) is 5.52. The van der Waals surface area contributed by atoms with Crippen LogP contribution in [0.4, 0.5) is 4.39 Å². The van der Waals surface area contributed by atoms with E-state index in [1.807, 2.05) is 0 Å². The summed E-state index contributed by atoms with van der Waals surface area (Å²) in [7, 11) is 0. The van der Waals surface area contributed by atoms with E-state index in [0.29, 0.717) is 23.3 Å². The Morgan fingerprint density at radius 2 is 2.17 bits per heavy atom. The van der Waals surface area contributed by atoms with Crippen LogP contribution in [0.3, 0.4) is 0 Å². The molecule has 2 fully saturated rings. The minimum Gasteiger partial charge on any atom is -0.294 e. The highest BCUT2D eigenvalue weighted by molar-refractivity contribution is 6.30. The van der Waals surface area contributed by atoms with Gasteiger partial charge in [-0.2, -0.15) is 0 Å². The zero-order chi connectivity index (χ0) is 12.7. The molecule has 1 aromatic rings. The number of benzene rings is 1. The number of hydrogen-bond acceptors (Lipinski definition) is 1. The van der Waals surface area contributed by atoms with Gasteiger partial charge in [0.1, 0.15) is 5.82 Å². The van der Waals surface area contributed by atoms with Crippen LogP contribution in [0, 0.1) is 23.6 Å². The first-order chi connectivity index (χ1) is 8.63. The van der Waals surface area contributed by atoms with Crippen molar-refractivity contribution in [3.63, 3.8) is 0 Å². The third-order valence-corrected chi connectivity index (χ3v) is 4.80. The van der Waals surface area contributed by atoms with Crippen molar-refractivity contribution in [1.29, 1.82) is 0 Å². The molecule has 0 spiro atoms. The van der Waals surface area contributed by atoms with E-state index in [9.17, 15) is 9.18 Å². The summed E-state index contributed by atoms with van der Waals surface area (Å²) in [6, 6.07) is 4.31. The van der Waals surface area contributed by atoms with Crippen LogP contribution in [0.15, 0.2) is 18.2 Å². The molecule has 0 aromatic heterocycles. The quantitative estimate of drug-likeness (QED) is 0.737. The lowest BCUT2D eigenvalue weighted by atomic mass is 9.84. The van der Waals surface area contributed by atoms with Crippen LogP contribution in [0.5, 0.6) is 0 Å². The summed E-state index contributed by atoms with van der Waals surface area (Å²) >= 11 is 5.69. The Balaban J connectivity index is 1.71. The van der Waals surface area contributed by atoms with Crippen LogP contribution in [-0.4, -0.2) is 5.78 Å². The number of hydrogen-bond donors (Lipinski definition) is 0. The minimum absolute atomic E-state index is 0.0679. The van der Waals surface area contributed by atoms with E-state index in [1.54, 1.807) is 6.07 Å². The summed E-state index contributed by atoms with van der Waals surface area (Å²) in [4.78, 5) is 12.1. The highest BCUT2D eigenvalue weighted by Crippen LogP contribution is 2.49. The molecule has 0 amide bonds. The van der Waals surface area contributed by atoms with Crippen molar-refractivity contribution >= 4 is 17.4 Å². The first-order valence-electron chi connectivity index (χ1n) is 6.61. The summed E-state index contributed by atoms with van der Waals surface area (Å²) < 4.78 is 13.7. The fourth-order valence-electron chi connectivity index (χ4n) is 3.69. The first-order valence-corrected chi connectivity index (χ1v) is 6.99. The van der Waals surface area contributed by atoms with E-state index in [2.05, 4.69) is 0 Å². The monoisotopic (exact) mass is 266 g/mol. The van der Waals surface area contributed by atoms with Crippen molar-refractivity contribution in [2.45, 2.75) is 32.1 Å². The summed E-state index contributed by atoms with van der Waals surface area (Å²) in [5, 5.41) is 0.337. The molecule has 3 unspecified atom stereocenters. The standard InChI is InChI=1S/C15H16ClFO/c16-12-3-4-13(14(17)8-12)15(18)7-11-6-9-1-2-10(11)5-9/h3-4,8-11H,1-2,5-7H2. The van der Waals surface area contributed by atoms with Crippen LogP contribution >= 0.6 is 11.6 Å². The number of carbonyl (C=O) groups is 1. The van der Waals surface area contributed by atoms with Gasteiger partial charge in [-0.15, -0.1) is 0 Å². The Morgan fingerprint density at radius 1 is 1.33 bits per heavy atom. The van der Waals surface area contributed by atoms with Gasteiger partial charge < -0.3 is 0 Å². The Kier molecular flexibility index (Phi) is 3.14. The number of Topliss-reactive ketones (excluding diaryl/α,β-unsaturated/α-hetero) is 1. The Labute approximate surface area is 111 Å². The Hall–Kier alpha value is -0.890. The summed E-state index contributed by atoms with van der Waals surface area (Å²) in [5.74, 6) is 1.45. The Bertz CT molecular complexity index is 485. The predicted octanol–water partition coefficient (Wildman–Crippen LogP) is 4.49. The van der Waals surface area contributed by atoms with Crippen molar-refractivity contribution in [1.82, 2.24) is 0 Å². The second-order valence-corrected chi connectivity index (χ2v) is 6.12. The molecule has 96 valence electrons. The topological polar surface area (TPSA) is 17.1 Å². The molecule has 2 aliphatic rings. The summed E-state index contributed by atoms with van der Waals surface area (Å²) in [6.45, 7) is 0. The molecule has 2 bridgehead atoms. The molecule has 3 heteroatoms. The molecule has 2 saturated carbocycles. The van der Waals surface area contributed by atoms with Gasteiger partial charge in [-0.25, -0.2) is 4.39 Å². The van der Waals surface area contributed by atoms with Crippen molar-refractivity contribution < 1.29 is 9.18 Å². The fraction of sp³-hybridized carbons (Fsp3) is 0.533. The van der Waals surface area contributed by atoms with Gasteiger partial charge in [-0.05, 0) is 55.2 Å². The maximum atomic E-state index is 13.7. The summed E-state index contributed by atoms with van der Waals surface area (Å²) in [5.41, 5.74) is 0.196. The average Bonchev–Trinajstić information content (AvgIpc) is 2.90.